The summed E-state index contributed by atoms with van der Waals surface area (Å²) in [5, 5.41) is 9.73. The van der Waals surface area contributed by atoms with Gasteiger partial charge >= 0.3 is 5.97 Å². The smallest absolute Gasteiger partial charge is 0.336 e. The quantitative estimate of drug-likeness (QED) is 0.639. The Balaban J connectivity index is 2.03. The van der Waals surface area contributed by atoms with Gasteiger partial charge in [0, 0.05) is 23.1 Å². The summed E-state index contributed by atoms with van der Waals surface area (Å²) in [5.41, 5.74) is 3.23. The molecule has 2 aromatic rings. The van der Waals surface area contributed by atoms with Crippen molar-refractivity contribution in [3.8, 4) is 6.07 Å². The predicted octanol–water partition coefficient (Wildman–Crippen LogP) is 4.95. The number of hydrogen-bond donors (Lipinski definition) is 0. The summed E-state index contributed by atoms with van der Waals surface area (Å²) in [7, 11) is 0. The van der Waals surface area contributed by atoms with E-state index in [9.17, 15) is 9.59 Å². The highest BCUT2D eigenvalue weighted by Gasteiger charge is 2.37. The zero-order valence-electron chi connectivity index (χ0n) is 17.2. The minimum atomic E-state index is -0.425. The lowest BCUT2D eigenvalue weighted by atomic mass is 9.83. The Hall–Kier alpha value is -3.10. The van der Waals surface area contributed by atoms with Crippen LogP contribution in [0.1, 0.15) is 49.8 Å². The van der Waals surface area contributed by atoms with Crippen LogP contribution in [0.2, 0.25) is 5.02 Å². The number of rotatable bonds is 5. The Kier molecular flexibility index (Phi) is 6.59. The average Bonchev–Trinajstić information content (AvgIpc) is 2.70. The fraction of sp³-hybridized carbons (Fsp3) is 0.292. The van der Waals surface area contributed by atoms with Gasteiger partial charge < -0.3 is 9.64 Å². The molecule has 1 amide bonds. The molecule has 0 aromatic heterocycles. The monoisotopic (exact) mass is 422 g/mol. The van der Waals surface area contributed by atoms with Gasteiger partial charge in [-0.15, -0.1) is 0 Å². The summed E-state index contributed by atoms with van der Waals surface area (Å²) in [6.45, 7) is 5.64. The minimum absolute atomic E-state index is 0.0871. The molecule has 154 valence electrons. The number of allylic oxidation sites excluding steroid dienone is 1. The molecule has 30 heavy (non-hydrogen) atoms. The van der Waals surface area contributed by atoms with E-state index in [0.29, 0.717) is 21.9 Å². The number of carbonyl (C=O) groups is 2. The van der Waals surface area contributed by atoms with Crippen molar-refractivity contribution in [3.63, 3.8) is 0 Å². The number of esters is 1. The first-order valence-corrected chi connectivity index (χ1v) is 10.1. The third kappa shape index (κ3) is 4.72. The number of carbonyl (C=O) groups excluding carboxylic acids is 2. The van der Waals surface area contributed by atoms with Gasteiger partial charge in [0.1, 0.15) is 0 Å². The molecule has 0 bridgehead atoms. The molecular weight excluding hydrogens is 400 g/mol. The van der Waals surface area contributed by atoms with Crippen LogP contribution in [0, 0.1) is 11.3 Å². The Morgan fingerprint density at radius 1 is 1.27 bits per heavy atom. The average molecular weight is 423 g/mol. The summed E-state index contributed by atoms with van der Waals surface area (Å²) in [5.74, 6) is -0.913. The van der Waals surface area contributed by atoms with Gasteiger partial charge in [-0.3, -0.25) is 4.79 Å². The second-order valence-electron chi connectivity index (χ2n) is 7.55. The molecule has 0 unspecified atom stereocenters. The van der Waals surface area contributed by atoms with Crippen LogP contribution in [0.3, 0.4) is 0 Å². The zero-order chi connectivity index (χ0) is 21.8. The Labute approximate surface area is 181 Å². The van der Waals surface area contributed by atoms with Crippen LogP contribution in [-0.2, 0) is 20.9 Å². The summed E-state index contributed by atoms with van der Waals surface area (Å²) in [6.07, 6.45) is -0.124. The van der Waals surface area contributed by atoms with Crippen molar-refractivity contribution in [3.05, 3.63) is 81.5 Å². The molecule has 1 heterocycles. The maximum atomic E-state index is 13.1. The van der Waals surface area contributed by atoms with Gasteiger partial charge in [0.25, 0.3) is 0 Å². The van der Waals surface area contributed by atoms with Gasteiger partial charge in [-0.2, -0.15) is 5.26 Å². The van der Waals surface area contributed by atoms with Crippen molar-refractivity contribution >= 4 is 23.5 Å². The summed E-state index contributed by atoms with van der Waals surface area (Å²) in [6, 6.07) is 16.4. The molecule has 3 rings (SSSR count). The molecule has 0 saturated heterocycles. The molecule has 0 aliphatic carbocycles. The van der Waals surface area contributed by atoms with Crippen molar-refractivity contribution in [2.45, 2.75) is 45.8 Å². The van der Waals surface area contributed by atoms with E-state index >= 15 is 0 Å². The lowest BCUT2D eigenvalue weighted by Crippen LogP contribution is -2.38. The number of benzene rings is 2. The van der Waals surface area contributed by atoms with Gasteiger partial charge in [0.05, 0.1) is 29.9 Å². The first-order chi connectivity index (χ1) is 14.3. The number of amides is 1. The third-order valence-corrected chi connectivity index (χ3v) is 5.31. The van der Waals surface area contributed by atoms with Crippen molar-refractivity contribution in [2.24, 2.45) is 0 Å². The van der Waals surface area contributed by atoms with Crippen molar-refractivity contribution in [1.29, 1.82) is 5.26 Å². The van der Waals surface area contributed by atoms with Gasteiger partial charge in [-0.05, 0) is 56.2 Å². The fourth-order valence-electron chi connectivity index (χ4n) is 3.65. The minimum Gasteiger partial charge on any atom is -0.460 e. The lowest BCUT2D eigenvalue weighted by molar-refractivity contribution is -0.143. The van der Waals surface area contributed by atoms with Crippen molar-refractivity contribution in [1.82, 2.24) is 4.90 Å². The molecular formula is C24H23ClN2O3. The highest BCUT2D eigenvalue weighted by Crippen LogP contribution is 2.38. The van der Waals surface area contributed by atoms with E-state index in [0.717, 1.165) is 11.1 Å². The largest absolute Gasteiger partial charge is 0.460 e. The molecule has 0 saturated carbocycles. The van der Waals surface area contributed by atoms with E-state index in [2.05, 4.69) is 6.07 Å². The number of nitrogens with zero attached hydrogens (tertiary/aromatic N) is 2. The number of hydrogen-bond acceptors (Lipinski definition) is 4. The van der Waals surface area contributed by atoms with E-state index in [1.165, 1.54) is 0 Å². The van der Waals surface area contributed by atoms with Crippen LogP contribution in [0.4, 0.5) is 0 Å². The van der Waals surface area contributed by atoms with Gasteiger partial charge in [0.2, 0.25) is 5.91 Å². The predicted molar refractivity (Wildman–Crippen MR) is 114 cm³/mol. The summed E-state index contributed by atoms with van der Waals surface area (Å²) >= 11 is 6.01. The van der Waals surface area contributed by atoms with Crippen molar-refractivity contribution < 1.29 is 14.3 Å². The molecule has 1 aliphatic heterocycles. The van der Waals surface area contributed by atoms with E-state index in [-0.39, 0.29) is 25.0 Å². The van der Waals surface area contributed by atoms with Crippen LogP contribution >= 0.6 is 11.6 Å². The normalized spacial score (nSPS) is 16.6. The zero-order valence-corrected chi connectivity index (χ0v) is 17.9. The summed E-state index contributed by atoms with van der Waals surface area (Å²) < 4.78 is 5.50. The van der Waals surface area contributed by atoms with Crippen LogP contribution in [-0.4, -0.2) is 22.9 Å². The molecule has 1 atom stereocenters. The van der Waals surface area contributed by atoms with Gasteiger partial charge in [0.15, 0.2) is 0 Å². The molecule has 6 heteroatoms. The summed E-state index contributed by atoms with van der Waals surface area (Å²) in [4.78, 5) is 27.6. The number of nitriles is 1. The van der Waals surface area contributed by atoms with Crippen LogP contribution in [0.25, 0.3) is 0 Å². The molecule has 0 radical (unpaired) electrons. The molecule has 0 N–H and O–H groups in total. The van der Waals surface area contributed by atoms with E-state index < -0.39 is 11.9 Å². The number of halogens is 1. The van der Waals surface area contributed by atoms with E-state index in [1.54, 1.807) is 56.0 Å². The maximum Gasteiger partial charge on any atom is 0.336 e. The van der Waals surface area contributed by atoms with Crippen LogP contribution in [0.5, 0.6) is 0 Å². The molecule has 0 fully saturated rings. The van der Waals surface area contributed by atoms with E-state index in [4.69, 9.17) is 21.6 Å². The Morgan fingerprint density at radius 2 is 1.97 bits per heavy atom. The molecule has 2 aromatic carbocycles. The Bertz CT molecular complexity index is 1040. The first-order valence-electron chi connectivity index (χ1n) is 9.76. The second kappa shape index (κ2) is 9.15. The van der Waals surface area contributed by atoms with Gasteiger partial charge in [-0.1, -0.05) is 35.9 Å². The topological polar surface area (TPSA) is 70.4 Å². The van der Waals surface area contributed by atoms with Gasteiger partial charge in [-0.25, -0.2) is 4.79 Å². The molecule has 1 aliphatic rings. The Morgan fingerprint density at radius 3 is 2.60 bits per heavy atom. The fourth-order valence-corrected chi connectivity index (χ4v) is 3.77. The third-order valence-electron chi connectivity index (χ3n) is 5.05. The van der Waals surface area contributed by atoms with Crippen LogP contribution < -0.4 is 0 Å². The highest BCUT2D eigenvalue weighted by atomic mass is 35.5. The second-order valence-corrected chi connectivity index (χ2v) is 7.99. The first kappa shape index (κ1) is 21.6. The van der Waals surface area contributed by atoms with Crippen LogP contribution in [0.15, 0.2) is 59.8 Å². The standard InChI is InChI=1S/C24H23ClN2O3/c1-15(2)30-24(29)23-16(3)27(14-18-6-4-5-17(11-18)13-26)22(28)12-21(23)19-7-9-20(25)10-8-19/h4-11,15,21H,12,14H2,1-3H3/t21-/m1/s1. The molecule has 5 nitrogen and oxygen atoms in total. The SMILES string of the molecule is CC1=C(C(=O)OC(C)C)[C@@H](c2ccc(Cl)cc2)CC(=O)N1Cc1cccc(C#N)c1. The maximum absolute atomic E-state index is 13.1. The van der Waals surface area contributed by atoms with E-state index in [1.807, 2.05) is 18.2 Å². The number of ether oxygens (including phenoxy) is 1. The van der Waals surface area contributed by atoms with Crippen molar-refractivity contribution in [2.75, 3.05) is 0 Å². The highest BCUT2D eigenvalue weighted by molar-refractivity contribution is 6.30. The lowest BCUT2D eigenvalue weighted by Gasteiger charge is -2.35. The molecule has 0 spiro atoms.